The largest absolute Gasteiger partial charge is 0.328 e. The summed E-state index contributed by atoms with van der Waals surface area (Å²) in [6.45, 7) is 8.56. The first kappa shape index (κ1) is 10.3. The van der Waals surface area contributed by atoms with Crippen LogP contribution in [0.4, 0.5) is 0 Å². The maximum absolute atomic E-state index is 5.78. The predicted molar refractivity (Wildman–Crippen MR) is 58.0 cm³/mol. The molecular weight excluding hydrogens is 158 g/mol. The van der Waals surface area contributed by atoms with Crippen LogP contribution >= 0.6 is 0 Å². The highest BCUT2D eigenvalue weighted by Gasteiger charge is 2.04. The Morgan fingerprint density at radius 1 is 1.15 bits per heavy atom. The summed E-state index contributed by atoms with van der Waals surface area (Å²) in [6, 6.07) is 4.63. The summed E-state index contributed by atoms with van der Waals surface area (Å²) in [7, 11) is 0. The van der Waals surface area contributed by atoms with E-state index in [9.17, 15) is 0 Å². The monoisotopic (exact) mass is 177 g/mol. The van der Waals surface area contributed by atoms with Gasteiger partial charge in [-0.15, -0.1) is 0 Å². The topological polar surface area (TPSA) is 26.0 Å². The van der Waals surface area contributed by atoms with E-state index in [1.807, 2.05) is 0 Å². The Morgan fingerprint density at radius 2 is 1.77 bits per heavy atom. The summed E-state index contributed by atoms with van der Waals surface area (Å²) < 4.78 is 0. The Bertz CT molecular complexity index is 300. The Hall–Kier alpha value is -0.820. The molecule has 1 heteroatoms. The molecule has 0 saturated heterocycles. The Balaban J connectivity index is 3.04. The number of hydrogen-bond donors (Lipinski definition) is 1. The van der Waals surface area contributed by atoms with Crippen LogP contribution in [0.25, 0.3) is 0 Å². The molecule has 1 aromatic rings. The fourth-order valence-corrected chi connectivity index (χ4v) is 1.58. The lowest BCUT2D eigenvalue weighted by atomic mass is 9.95. The van der Waals surface area contributed by atoms with Crippen LogP contribution in [0.3, 0.4) is 0 Å². The van der Waals surface area contributed by atoms with E-state index in [-0.39, 0.29) is 6.04 Å². The van der Waals surface area contributed by atoms with Crippen molar-refractivity contribution in [2.75, 3.05) is 0 Å². The lowest BCUT2D eigenvalue weighted by Crippen LogP contribution is -2.18. The minimum atomic E-state index is 0.251. The van der Waals surface area contributed by atoms with Crippen molar-refractivity contribution in [3.05, 3.63) is 34.4 Å². The van der Waals surface area contributed by atoms with E-state index in [1.54, 1.807) is 0 Å². The number of benzene rings is 1. The van der Waals surface area contributed by atoms with Crippen molar-refractivity contribution in [3.8, 4) is 0 Å². The van der Waals surface area contributed by atoms with Crippen molar-refractivity contribution in [2.24, 2.45) is 5.73 Å². The van der Waals surface area contributed by atoms with Gasteiger partial charge in [0.2, 0.25) is 0 Å². The third-order valence-corrected chi connectivity index (χ3v) is 2.71. The number of hydrogen-bond acceptors (Lipinski definition) is 1. The lowest BCUT2D eigenvalue weighted by molar-refractivity contribution is 0.734. The molecule has 0 saturated carbocycles. The summed E-state index contributed by atoms with van der Waals surface area (Å²) in [5.41, 5.74) is 11.3. The zero-order valence-electron chi connectivity index (χ0n) is 9.02. The zero-order valence-corrected chi connectivity index (χ0v) is 9.02. The molecule has 0 heterocycles. The molecule has 1 rings (SSSR count). The molecule has 0 spiro atoms. The third-order valence-electron chi connectivity index (χ3n) is 2.71. The van der Waals surface area contributed by atoms with E-state index in [1.165, 1.54) is 22.3 Å². The van der Waals surface area contributed by atoms with E-state index >= 15 is 0 Å². The first-order chi connectivity index (χ1) is 6.02. The Labute approximate surface area is 81.0 Å². The van der Waals surface area contributed by atoms with Crippen molar-refractivity contribution in [1.29, 1.82) is 0 Å². The molecule has 2 N–H and O–H groups in total. The number of nitrogens with two attached hydrogens (primary N) is 1. The standard InChI is InChI=1S/C12H19N/c1-8-5-6-12(7-9(2)13)11(4)10(8)3/h5-6,9H,7,13H2,1-4H3. The van der Waals surface area contributed by atoms with Crippen molar-refractivity contribution >= 4 is 0 Å². The maximum Gasteiger partial charge on any atom is 0.00510 e. The van der Waals surface area contributed by atoms with E-state index in [0.29, 0.717) is 0 Å². The Kier molecular flexibility index (Phi) is 3.10. The molecule has 0 fully saturated rings. The van der Waals surface area contributed by atoms with Crippen LogP contribution in [0.15, 0.2) is 12.1 Å². The summed E-state index contributed by atoms with van der Waals surface area (Å²) in [5, 5.41) is 0. The van der Waals surface area contributed by atoms with Crippen LogP contribution < -0.4 is 5.73 Å². The van der Waals surface area contributed by atoms with Crippen LogP contribution in [-0.2, 0) is 6.42 Å². The van der Waals surface area contributed by atoms with Crippen molar-refractivity contribution in [3.63, 3.8) is 0 Å². The highest BCUT2D eigenvalue weighted by molar-refractivity contribution is 5.39. The van der Waals surface area contributed by atoms with Crippen LogP contribution in [0.5, 0.6) is 0 Å². The van der Waals surface area contributed by atoms with E-state index in [0.717, 1.165) is 6.42 Å². The molecule has 0 aliphatic carbocycles. The molecule has 0 aliphatic rings. The number of rotatable bonds is 2. The summed E-state index contributed by atoms with van der Waals surface area (Å²) >= 11 is 0. The molecule has 0 amide bonds. The summed E-state index contributed by atoms with van der Waals surface area (Å²) in [6.07, 6.45) is 0.979. The predicted octanol–water partition coefficient (Wildman–Crippen LogP) is 2.50. The van der Waals surface area contributed by atoms with Crippen LogP contribution in [-0.4, -0.2) is 6.04 Å². The molecule has 0 aliphatic heterocycles. The molecule has 72 valence electrons. The molecule has 1 aromatic carbocycles. The van der Waals surface area contributed by atoms with E-state index < -0.39 is 0 Å². The SMILES string of the molecule is Cc1ccc(CC(C)N)c(C)c1C. The van der Waals surface area contributed by atoms with Gasteiger partial charge >= 0.3 is 0 Å². The van der Waals surface area contributed by atoms with Gasteiger partial charge in [-0.05, 0) is 56.4 Å². The van der Waals surface area contributed by atoms with Gasteiger partial charge in [0.25, 0.3) is 0 Å². The fraction of sp³-hybridized carbons (Fsp3) is 0.500. The van der Waals surface area contributed by atoms with Gasteiger partial charge in [-0.2, -0.15) is 0 Å². The van der Waals surface area contributed by atoms with Crippen LogP contribution in [0.2, 0.25) is 0 Å². The molecule has 1 atom stereocenters. The molecular formula is C12H19N. The maximum atomic E-state index is 5.78. The van der Waals surface area contributed by atoms with Gasteiger partial charge in [0.15, 0.2) is 0 Å². The van der Waals surface area contributed by atoms with Gasteiger partial charge in [0, 0.05) is 6.04 Å². The van der Waals surface area contributed by atoms with Crippen LogP contribution in [0, 0.1) is 20.8 Å². The summed E-state index contributed by atoms with van der Waals surface area (Å²) in [5.74, 6) is 0. The van der Waals surface area contributed by atoms with E-state index in [2.05, 4.69) is 39.8 Å². The molecule has 1 unspecified atom stereocenters. The highest BCUT2D eigenvalue weighted by Crippen LogP contribution is 2.17. The third kappa shape index (κ3) is 2.31. The van der Waals surface area contributed by atoms with Gasteiger partial charge in [-0.3, -0.25) is 0 Å². The molecule has 0 aromatic heterocycles. The summed E-state index contributed by atoms with van der Waals surface area (Å²) in [4.78, 5) is 0. The zero-order chi connectivity index (χ0) is 10.0. The average molecular weight is 177 g/mol. The highest BCUT2D eigenvalue weighted by atomic mass is 14.6. The number of aryl methyl sites for hydroxylation is 1. The van der Waals surface area contributed by atoms with Crippen molar-refractivity contribution in [1.82, 2.24) is 0 Å². The van der Waals surface area contributed by atoms with Gasteiger partial charge in [0.05, 0.1) is 0 Å². The minimum Gasteiger partial charge on any atom is -0.328 e. The lowest BCUT2D eigenvalue weighted by Gasteiger charge is -2.12. The van der Waals surface area contributed by atoms with Gasteiger partial charge in [0.1, 0.15) is 0 Å². The second-order valence-electron chi connectivity index (χ2n) is 3.97. The quantitative estimate of drug-likeness (QED) is 0.738. The molecule has 0 bridgehead atoms. The smallest absolute Gasteiger partial charge is 0.00510 e. The van der Waals surface area contributed by atoms with Crippen molar-refractivity contribution in [2.45, 2.75) is 40.2 Å². The molecule has 1 nitrogen and oxygen atoms in total. The van der Waals surface area contributed by atoms with Crippen molar-refractivity contribution < 1.29 is 0 Å². The normalized spacial score (nSPS) is 13.0. The first-order valence-electron chi connectivity index (χ1n) is 4.83. The average Bonchev–Trinajstić information content (AvgIpc) is 2.06. The Morgan fingerprint density at radius 3 is 2.31 bits per heavy atom. The second kappa shape index (κ2) is 3.93. The van der Waals surface area contributed by atoms with Gasteiger partial charge < -0.3 is 5.73 Å². The fourth-order valence-electron chi connectivity index (χ4n) is 1.58. The van der Waals surface area contributed by atoms with Gasteiger partial charge in [-0.1, -0.05) is 12.1 Å². The van der Waals surface area contributed by atoms with Gasteiger partial charge in [-0.25, -0.2) is 0 Å². The molecule has 13 heavy (non-hydrogen) atoms. The molecule has 0 radical (unpaired) electrons. The minimum absolute atomic E-state index is 0.251. The van der Waals surface area contributed by atoms with Crippen LogP contribution in [0.1, 0.15) is 29.2 Å². The first-order valence-corrected chi connectivity index (χ1v) is 4.83. The van der Waals surface area contributed by atoms with E-state index in [4.69, 9.17) is 5.73 Å². The second-order valence-corrected chi connectivity index (χ2v) is 3.97.